The highest BCUT2D eigenvalue weighted by atomic mass is 19.4. The van der Waals surface area contributed by atoms with Crippen LogP contribution in [0.1, 0.15) is 12.0 Å². The lowest BCUT2D eigenvalue weighted by molar-refractivity contribution is -0.0960. The first-order valence-electron chi connectivity index (χ1n) is 5.88. The minimum atomic E-state index is -4.24. The van der Waals surface area contributed by atoms with E-state index in [0.29, 0.717) is 24.3 Å². The highest BCUT2D eigenvalue weighted by Gasteiger charge is 2.34. The van der Waals surface area contributed by atoms with E-state index >= 15 is 0 Å². The molecule has 2 N–H and O–H groups in total. The van der Waals surface area contributed by atoms with Gasteiger partial charge in [0.2, 0.25) is 0 Å². The van der Waals surface area contributed by atoms with Crippen molar-refractivity contribution in [1.82, 2.24) is 4.90 Å². The van der Waals surface area contributed by atoms with Crippen LogP contribution in [0.4, 0.5) is 23.2 Å². The van der Waals surface area contributed by atoms with Gasteiger partial charge >= 0.3 is 6.18 Å². The van der Waals surface area contributed by atoms with Gasteiger partial charge in [-0.05, 0) is 30.2 Å². The minimum Gasteiger partial charge on any atom is -0.399 e. The van der Waals surface area contributed by atoms with Gasteiger partial charge in [-0.1, -0.05) is 6.08 Å². The maximum atomic E-state index is 13.1. The molecule has 0 atom stereocenters. The molecule has 1 aromatic carbocycles. The fourth-order valence-electron chi connectivity index (χ4n) is 2.14. The number of hydrogen-bond donors (Lipinski definition) is 1. The number of nitrogen functional groups attached to an aromatic ring is 1. The van der Waals surface area contributed by atoms with E-state index in [1.807, 2.05) is 4.90 Å². The molecule has 1 aliphatic heterocycles. The van der Waals surface area contributed by atoms with E-state index in [9.17, 15) is 17.6 Å². The zero-order chi connectivity index (χ0) is 14.0. The van der Waals surface area contributed by atoms with Crippen LogP contribution >= 0.6 is 0 Å². The monoisotopic (exact) mass is 274 g/mol. The summed E-state index contributed by atoms with van der Waals surface area (Å²) in [5.74, 6) is -0.432. The van der Waals surface area contributed by atoms with Crippen LogP contribution < -0.4 is 5.73 Å². The summed E-state index contributed by atoms with van der Waals surface area (Å²) in [6.45, 7) is 0.913. The lowest BCUT2D eigenvalue weighted by Crippen LogP contribution is -2.31. The van der Waals surface area contributed by atoms with Crippen molar-refractivity contribution in [2.45, 2.75) is 19.1 Å². The number of hydrogen-bond acceptors (Lipinski definition) is 2. The molecular weight excluding hydrogens is 260 g/mol. The predicted molar refractivity (Wildman–Crippen MR) is 64.8 cm³/mol. The second-order valence-corrected chi connectivity index (χ2v) is 4.61. The highest BCUT2D eigenvalue weighted by molar-refractivity contribution is 5.41. The van der Waals surface area contributed by atoms with Crippen molar-refractivity contribution in [3.05, 3.63) is 41.2 Å². The van der Waals surface area contributed by atoms with Crippen LogP contribution in [-0.4, -0.2) is 24.2 Å². The molecule has 19 heavy (non-hydrogen) atoms. The van der Waals surface area contributed by atoms with E-state index in [0.717, 1.165) is 0 Å². The molecule has 6 heteroatoms. The standard InChI is InChI=1S/C13H14F4N2/c14-11-5-9(6-12(18)7-11)8-19-3-1-10(2-4-19)13(15,16)17/h1,5-7H,2-4,8,18H2. The predicted octanol–water partition coefficient (Wildman–Crippen LogP) is 3.10. The average Bonchev–Trinajstić information content (AvgIpc) is 2.26. The summed E-state index contributed by atoms with van der Waals surface area (Å²) in [6.07, 6.45) is -3.09. The molecule has 104 valence electrons. The Kier molecular flexibility index (Phi) is 3.80. The number of anilines is 1. The molecule has 0 amide bonds. The van der Waals surface area contributed by atoms with Crippen LogP contribution in [0.3, 0.4) is 0 Å². The van der Waals surface area contributed by atoms with Crippen LogP contribution in [0.2, 0.25) is 0 Å². The molecule has 0 aliphatic carbocycles. The van der Waals surface area contributed by atoms with Crippen molar-refractivity contribution in [2.75, 3.05) is 18.8 Å². The zero-order valence-corrected chi connectivity index (χ0v) is 10.2. The highest BCUT2D eigenvalue weighted by Crippen LogP contribution is 2.30. The van der Waals surface area contributed by atoms with E-state index in [4.69, 9.17) is 5.73 Å². The van der Waals surface area contributed by atoms with Crippen LogP contribution in [0.15, 0.2) is 29.8 Å². The Labute approximate surface area is 108 Å². The SMILES string of the molecule is Nc1cc(F)cc(CN2CC=C(C(F)(F)F)CC2)c1. The first-order valence-corrected chi connectivity index (χ1v) is 5.88. The summed E-state index contributed by atoms with van der Waals surface area (Å²) in [5, 5.41) is 0. The lowest BCUT2D eigenvalue weighted by atomic mass is 10.1. The van der Waals surface area contributed by atoms with Gasteiger partial charge in [0.05, 0.1) is 0 Å². The number of rotatable bonds is 2. The van der Waals surface area contributed by atoms with Gasteiger partial charge in [-0.15, -0.1) is 0 Å². The summed E-state index contributed by atoms with van der Waals surface area (Å²) in [4.78, 5) is 1.82. The largest absolute Gasteiger partial charge is 0.412 e. The normalized spacial score (nSPS) is 17.4. The van der Waals surface area contributed by atoms with Gasteiger partial charge in [-0.2, -0.15) is 13.2 Å². The molecule has 1 aliphatic rings. The van der Waals surface area contributed by atoms with Gasteiger partial charge in [-0.3, -0.25) is 4.90 Å². The van der Waals surface area contributed by atoms with E-state index in [-0.39, 0.29) is 13.0 Å². The molecule has 0 spiro atoms. The Balaban J connectivity index is 2.01. The summed E-state index contributed by atoms with van der Waals surface area (Å²) >= 11 is 0. The first-order chi connectivity index (χ1) is 8.84. The van der Waals surface area contributed by atoms with Crippen molar-refractivity contribution >= 4 is 5.69 Å². The molecule has 1 aromatic rings. The van der Waals surface area contributed by atoms with Crippen LogP contribution in [0.5, 0.6) is 0 Å². The van der Waals surface area contributed by atoms with Gasteiger partial charge in [-0.25, -0.2) is 4.39 Å². The van der Waals surface area contributed by atoms with Crippen molar-refractivity contribution < 1.29 is 17.6 Å². The molecular formula is C13H14F4N2. The maximum absolute atomic E-state index is 13.1. The second kappa shape index (κ2) is 5.21. The van der Waals surface area contributed by atoms with Crippen molar-refractivity contribution in [2.24, 2.45) is 0 Å². The van der Waals surface area contributed by atoms with Gasteiger partial charge in [0.15, 0.2) is 0 Å². The van der Waals surface area contributed by atoms with Crippen LogP contribution in [0.25, 0.3) is 0 Å². The molecule has 0 fully saturated rings. The lowest BCUT2D eigenvalue weighted by Gasteiger charge is -2.27. The van der Waals surface area contributed by atoms with E-state index in [1.54, 1.807) is 6.07 Å². The second-order valence-electron chi connectivity index (χ2n) is 4.61. The van der Waals surface area contributed by atoms with E-state index < -0.39 is 17.6 Å². The zero-order valence-electron chi connectivity index (χ0n) is 10.2. The Bertz CT molecular complexity index is 474. The number of nitrogens with two attached hydrogens (primary N) is 1. The van der Waals surface area contributed by atoms with Gasteiger partial charge in [0.1, 0.15) is 5.82 Å². The summed E-state index contributed by atoms with van der Waals surface area (Å²) < 4.78 is 50.5. The van der Waals surface area contributed by atoms with Crippen molar-refractivity contribution in [1.29, 1.82) is 0 Å². The Morgan fingerprint density at radius 3 is 2.47 bits per heavy atom. The number of benzene rings is 1. The molecule has 2 nitrogen and oxygen atoms in total. The van der Waals surface area contributed by atoms with E-state index in [1.165, 1.54) is 18.2 Å². The average molecular weight is 274 g/mol. The third kappa shape index (κ3) is 3.70. The summed E-state index contributed by atoms with van der Waals surface area (Å²) in [6, 6.07) is 4.19. The molecule has 1 heterocycles. The van der Waals surface area contributed by atoms with Crippen LogP contribution in [-0.2, 0) is 6.54 Å². The molecule has 0 saturated carbocycles. The summed E-state index contributed by atoms with van der Waals surface area (Å²) in [5.41, 5.74) is 6.03. The molecule has 0 aromatic heterocycles. The Hall–Kier alpha value is -1.56. The molecule has 0 saturated heterocycles. The Morgan fingerprint density at radius 1 is 1.21 bits per heavy atom. The number of nitrogens with zero attached hydrogens (tertiary/aromatic N) is 1. The smallest absolute Gasteiger partial charge is 0.399 e. The first kappa shape index (κ1) is 13.9. The fourth-order valence-corrected chi connectivity index (χ4v) is 2.14. The van der Waals surface area contributed by atoms with Gasteiger partial charge in [0.25, 0.3) is 0 Å². The number of halogens is 4. The van der Waals surface area contributed by atoms with E-state index in [2.05, 4.69) is 0 Å². The van der Waals surface area contributed by atoms with Crippen molar-refractivity contribution in [3.63, 3.8) is 0 Å². The third-order valence-electron chi connectivity index (χ3n) is 3.04. The topological polar surface area (TPSA) is 29.3 Å². The molecule has 0 radical (unpaired) electrons. The molecule has 0 bridgehead atoms. The maximum Gasteiger partial charge on any atom is 0.412 e. The summed E-state index contributed by atoms with van der Waals surface area (Å²) in [7, 11) is 0. The minimum absolute atomic E-state index is 0.0334. The number of alkyl halides is 3. The van der Waals surface area contributed by atoms with Crippen LogP contribution in [0, 0.1) is 5.82 Å². The Morgan fingerprint density at radius 2 is 1.95 bits per heavy atom. The van der Waals surface area contributed by atoms with Gasteiger partial charge in [0, 0.05) is 30.9 Å². The van der Waals surface area contributed by atoms with Crippen molar-refractivity contribution in [3.8, 4) is 0 Å². The molecule has 0 unspecified atom stereocenters. The van der Waals surface area contributed by atoms with Gasteiger partial charge < -0.3 is 5.73 Å². The molecule has 2 rings (SSSR count). The quantitative estimate of drug-likeness (QED) is 0.510. The fraction of sp³-hybridized carbons (Fsp3) is 0.385. The third-order valence-corrected chi connectivity index (χ3v) is 3.04.